The molecule has 146 valence electrons. The Bertz CT molecular complexity index is 1180. The minimum atomic E-state index is -0.419. The van der Waals surface area contributed by atoms with Gasteiger partial charge in [0.25, 0.3) is 5.91 Å². The number of nitrogens with one attached hydrogen (secondary N) is 1. The molecule has 0 aliphatic rings. The first-order valence-corrected chi connectivity index (χ1v) is 8.49. The van der Waals surface area contributed by atoms with Crippen LogP contribution in [0.5, 0.6) is 23.1 Å². The molecule has 4 rings (SSSR count). The number of amides is 1. The molecule has 0 saturated carbocycles. The van der Waals surface area contributed by atoms with Gasteiger partial charge in [-0.1, -0.05) is 6.07 Å². The lowest BCUT2D eigenvalue weighted by Gasteiger charge is -2.10. The minimum Gasteiger partial charge on any atom is -0.495 e. The number of carbonyl (C=O) groups is 1. The van der Waals surface area contributed by atoms with Gasteiger partial charge >= 0.3 is 0 Å². The monoisotopic (exact) mass is 392 g/mol. The first-order valence-electron chi connectivity index (χ1n) is 8.49. The van der Waals surface area contributed by atoms with Crippen LogP contribution in [0.1, 0.15) is 10.4 Å². The average Bonchev–Trinajstić information content (AvgIpc) is 3.22. The molecule has 0 atom stereocenters. The SMILES string of the molecule is COc1cncc(Oc2cc(C(=O)Nc3cccc(OC)n3)c3nncn3c2)c1. The molecule has 1 amide bonds. The second-order valence-electron chi connectivity index (χ2n) is 5.83. The van der Waals surface area contributed by atoms with Gasteiger partial charge in [0.2, 0.25) is 5.88 Å². The number of ether oxygens (including phenoxy) is 3. The van der Waals surface area contributed by atoms with Crippen LogP contribution < -0.4 is 19.5 Å². The highest BCUT2D eigenvalue weighted by Crippen LogP contribution is 2.26. The predicted octanol–water partition coefficient (Wildman–Crippen LogP) is 2.58. The van der Waals surface area contributed by atoms with Crippen molar-refractivity contribution in [2.24, 2.45) is 0 Å². The molecule has 0 aliphatic heterocycles. The van der Waals surface area contributed by atoms with Crippen molar-refractivity contribution in [1.82, 2.24) is 24.6 Å². The smallest absolute Gasteiger partial charge is 0.260 e. The zero-order valence-corrected chi connectivity index (χ0v) is 15.6. The Hall–Kier alpha value is -4.21. The van der Waals surface area contributed by atoms with Crippen molar-refractivity contribution >= 4 is 17.4 Å². The van der Waals surface area contributed by atoms with Gasteiger partial charge in [-0.3, -0.25) is 14.2 Å². The Morgan fingerprint density at radius 3 is 2.76 bits per heavy atom. The van der Waals surface area contributed by atoms with Gasteiger partial charge in [-0.25, -0.2) is 0 Å². The van der Waals surface area contributed by atoms with Gasteiger partial charge < -0.3 is 19.5 Å². The number of fused-ring (bicyclic) bond motifs is 1. The van der Waals surface area contributed by atoms with Crippen LogP contribution in [0.15, 0.2) is 55.2 Å². The third-order valence-electron chi connectivity index (χ3n) is 3.95. The summed E-state index contributed by atoms with van der Waals surface area (Å²) in [5, 5.41) is 10.6. The van der Waals surface area contributed by atoms with Crippen molar-refractivity contribution < 1.29 is 19.0 Å². The van der Waals surface area contributed by atoms with Gasteiger partial charge in [-0.15, -0.1) is 10.2 Å². The third kappa shape index (κ3) is 3.90. The molecule has 0 spiro atoms. The molecule has 0 aromatic carbocycles. The van der Waals surface area contributed by atoms with Crippen LogP contribution in [0.25, 0.3) is 5.65 Å². The summed E-state index contributed by atoms with van der Waals surface area (Å²) in [5.41, 5.74) is 0.641. The van der Waals surface area contributed by atoms with Crippen molar-refractivity contribution in [2.75, 3.05) is 19.5 Å². The van der Waals surface area contributed by atoms with Gasteiger partial charge in [0.15, 0.2) is 5.65 Å². The summed E-state index contributed by atoms with van der Waals surface area (Å²) < 4.78 is 17.7. The molecule has 4 aromatic rings. The van der Waals surface area contributed by atoms with Crippen molar-refractivity contribution in [3.05, 3.63) is 60.8 Å². The van der Waals surface area contributed by atoms with Crippen LogP contribution in [0.3, 0.4) is 0 Å². The Labute approximate surface area is 165 Å². The number of anilines is 1. The largest absolute Gasteiger partial charge is 0.495 e. The topological polar surface area (TPSA) is 113 Å². The van der Waals surface area contributed by atoms with Crippen LogP contribution in [-0.4, -0.2) is 44.7 Å². The van der Waals surface area contributed by atoms with Crippen LogP contribution in [0.2, 0.25) is 0 Å². The molecule has 0 unspecified atom stereocenters. The van der Waals surface area contributed by atoms with Gasteiger partial charge in [0.1, 0.15) is 29.4 Å². The van der Waals surface area contributed by atoms with Gasteiger partial charge in [0.05, 0.1) is 38.4 Å². The number of aromatic nitrogens is 5. The molecule has 1 N–H and O–H groups in total. The fourth-order valence-corrected chi connectivity index (χ4v) is 2.62. The minimum absolute atomic E-state index is 0.264. The van der Waals surface area contributed by atoms with E-state index in [1.165, 1.54) is 13.4 Å². The highest BCUT2D eigenvalue weighted by Gasteiger charge is 2.16. The summed E-state index contributed by atoms with van der Waals surface area (Å²) >= 11 is 0. The number of rotatable bonds is 6. The van der Waals surface area contributed by atoms with Crippen molar-refractivity contribution in [2.45, 2.75) is 0 Å². The molecule has 0 fully saturated rings. The number of methoxy groups -OCH3 is 2. The molecule has 0 aliphatic carbocycles. The van der Waals surface area contributed by atoms with E-state index in [-0.39, 0.29) is 5.56 Å². The van der Waals surface area contributed by atoms with Crippen LogP contribution in [-0.2, 0) is 0 Å². The number of hydrogen-bond donors (Lipinski definition) is 1. The highest BCUT2D eigenvalue weighted by atomic mass is 16.5. The highest BCUT2D eigenvalue weighted by molar-refractivity contribution is 6.08. The molecule has 0 bridgehead atoms. The molecule has 0 saturated heterocycles. The van der Waals surface area contributed by atoms with E-state index in [9.17, 15) is 4.79 Å². The van der Waals surface area contributed by atoms with E-state index < -0.39 is 5.91 Å². The van der Waals surface area contributed by atoms with E-state index in [1.54, 1.807) is 60.4 Å². The first-order chi connectivity index (χ1) is 14.2. The van der Waals surface area contributed by atoms with Crippen molar-refractivity contribution in [3.63, 3.8) is 0 Å². The van der Waals surface area contributed by atoms with E-state index in [2.05, 4.69) is 25.5 Å². The van der Waals surface area contributed by atoms with Gasteiger partial charge in [0, 0.05) is 12.1 Å². The average molecular weight is 392 g/mol. The molecule has 29 heavy (non-hydrogen) atoms. The summed E-state index contributed by atoms with van der Waals surface area (Å²) in [4.78, 5) is 21.1. The summed E-state index contributed by atoms with van der Waals surface area (Å²) in [6.45, 7) is 0. The Balaban J connectivity index is 1.66. The fourth-order valence-electron chi connectivity index (χ4n) is 2.62. The Kier molecular flexibility index (Phi) is 4.89. The Morgan fingerprint density at radius 1 is 1.07 bits per heavy atom. The molecular formula is C19H16N6O4. The molecule has 0 radical (unpaired) electrons. The van der Waals surface area contributed by atoms with E-state index in [0.717, 1.165) is 0 Å². The van der Waals surface area contributed by atoms with E-state index in [4.69, 9.17) is 14.2 Å². The lowest BCUT2D eigenvalue weighted by molar-refractivity contribution is 0.102. The number of hydrogen-bond acceptors (Lipinski definition) is 8. The molecule has 4 aromatic heterocycles. The molecule has 10 nitrogen and oxygen atoms in total. The van der Waals surface area contributed by atoms with Crippen LogP contribution in [0, 0.1) is 0 Å². The van der Waals surface area contributed by atoms with Crippen LogP contribution in [0.4, 0.5) is 5.82 Å². The predicted molar refractivity (Wildman–Crippen MR) is 103 cm³/mol. The van der Waals surface area contributed by atoms with Crippen molar-refractivity contribution in [3.8, 4) is 23.1 Å². The summed E-state index contributed by atoms with van der Waals surface area (Å²) in [6.07, 6.45) is 6.25. The Morgan fingerprint density at radius 2 is 1.93 bits per heavy atom. The van der Waals surface area contributed by atoms with Gasteiger partial charge in [-0.05, 0) is 12.1 Å². The van der Waals surface area contributed by atoms with E-state index >= 15 is 0 Å². The summed E-state index contributed by atoms with van der Waals surface area (Å²) in [6, 6.07) is 8.32. The second kappa shape index (κ2) is 7.80. The third-order valence-corrected chi connectivity index (χ3v) is 3.95. The zero-order chi connectivity index (χ0) is 20.2. The maximum absolute atomic E-state index is 12.9. The molecule has 10 heteroatoms. The van der Waals surface area contributed by atoms with E-state index in [0.29, 0.717) is 34.6 Å². The standard InChI is InChI=1S/C19H16N6O4/c1-27-12-6-13(9-20-8-12)29-14-7-15(18-24-21-11-25(18)10-14)19(26)23-16-4-3-5-17(22-16)28-2/h3-11H,1-2H3,(H,22,23,26). The fraction of sp³-hybridized carbons (Fsp3) is 0.105. The van der Waals surface area contributed by atoms with Gasteiger partial charge in [-0.2, -0.15) is 4.98 Å². The summed E-state index contributed by atoms with van der Waals surface area (Å²) in [7, 11) is 3.04. The molecule has 4 heterocycles. The first kappa shape index (κ1) is 18.2. The maximum atomic E-state index is 12.9. The summed E-state index contributed by atoms with van der Waals surface area (Å²) in [5.74, 6) is 1.72. The quantitative estimate of drug-likeness (QED) is 0.533. The zero-order valence-electron chi connectivity index (χ0n) is 15.6. The number of nitrogens with zero attached hydrogens (tertiary/aromatic N) is 5. The van der Waals surface area contributed by atoms with E-state index in [1.807, 2.05) is 0 Å². The lowest BCUT2D eigenvalue weighted by Crippen LogP contribution is -2.14. The van der Waals surface area contributed by atoms with Crippen LogP contribution >= 0.6 is 0 Å². The number of pyridine rings is 3. The second-order valence-corrected chi connectivity index (χ2v) is 5.83. The maximum Gasteiger partial charge on any atom is 0.260 e. The lowest BCUT2D eigenvalue weighted by atomic mass is 10.2. The normalized spacial score (nSPS) is 10.6. The molecular weight excluding hydrogens is 376 g/mol. The van der Waals surface area contributed by atoms with Crippen molar-refractivity contribution in [1.29, 1.82) is 0 Å². The number of carbonyl (C=O) groups excluding carboxylic acids is 1.